The zero-order valence-electron chi connectivity index (χ0n) is 13.0. The van der Waals surface area contributed by atoms with Crippen LogP contribution in [0.1, 0.15) is 19.3 Å². The highest BCUT2D eigenvalue weighted by Crippen LogP contribution is 2.34. The first-order valence-corrected chi connectivity index (χ1v) is 9.72. The minimum absolute atomic E-state index is 0.297. The van der Waals surface area contributed by atoms with Gasteiger partial charge in [0, 0.05) is 31.6 Å². The number of fused-ring (bicyclic) bond motifs is 2. The van der Waals surface area contributed by atoms with E-state index in [2.05, 4.69) is 5.32 Å². The fourth-order valence-corrected chi connectivity index (χ4v) is 5.21. The highest BCUT2D eigenvalue weighted by molar-refractivity contribution is 7.89. The molecule has 2 saturated heterocycles. The number of benzene rings is 1. The van der Waals surface area contributed by atoms with E-state index in [1.54, 1.807) is 22.5 Å². The smallest absolute Gasteiger partial charge is 0.243 e. The summed E-state index contributed by atoms with van der Waals surface area (Å²) in [4.78, 5) is 0.297. The number of piperidine rings is 1. The molecule has 0 aromatic heterocycles. The minimum Gasteiger partial charge on any atom is -0.490 e. The van der Waals surface area contributed by atoms with Crippen molar-refractivity contribution in [1.82, 2.24) is 9.62 Å². The monoisotopic (exact) mass is 338 g/mol. The van der Waals surface area contributed by atoms with Gasteiger partial charge in [-0.25, -0.2) is 8.42 Å². The number of hydrogen-bond donors (Lipinski definition) is 1. The highest BCUT2D eigenvalue weighted by Gasteiger charge is 2.37. The lowest BCUT2D eigenvalue weighted by atomic mass is 9.95. The molecule has 3 heterocycles. The van der Waals surface area contributed by atoms with Crippen LogP contribution in [0, 0.1) is 5.92 Å². The second kappa shape index (κ2) is 5.96. The summed E-state index contributed by atoms with van der Waals surface area (Å²) in [7, 11) is -3.48. The third-order valence-electron chi connectivity index (χ3n) is 4.98. The largest absolute Gasteiger partial charge is 0.490 e. The maximum atomic E-state index is 13.0. The van der Waals surface area contributed by atoms with Gasteiger partial charge in [0.2, 0.25) is 10.0 Å². The zero-order valence-corrected chi connectivity index (χ0v) is 13.8. The van der Waals surface area contributed by atoms with Crippen molar-refractivity contribution in [2.45, 2.75) is 30.2 Å². The highest BCUT2D eigenvalue weighted by atomic mass is 32.2. The molecule has 3 aliphatic rings. The Morgan fingerprint density at radius 3 is 2.83 bits per heavy atom. The molecule has 1 N–H and O–H groups in total. The van der Waals surface area contributed by atoms with Crippen molar-refractivity contribution >= 4 is 10.0 Å². The summed E-state index contributed by atoms with van der Waals surface area (Å²) in [5.41, 5.74) is 0. The molecule has 0 radical (unpaired) electrons. The molecule has 0 aliphatic carbocycles. The molecule has 2 atom stereocenters. The number of ether oxygens (including phenoxy) is 2. The Morgan fingerprint density at radius 2 is 1.96 bits per heavy atom. The fourth-order valence-electron chi connectivity index (χ4n) is 3.69. The van der Waals surface area contributed by atoms with E-state index in [0.717, 1.165) is 25.8 Å². The Balaban J connectivity index is 1.60. The zero-order chi connectivity index (χ0) is 15.9. The van der Waals surface area contributed by atoms with Crippen LogP contribution in [0.4, 0.5) is 0 Å². The lowest BCUT2D eigenvalue weighted by Gasteiger charge is -2.34. The lowest BCUT2D eigenvalue weighted by Crippen LogP contribution is -2.46. The summed E-state index contributed by atoms with van der Waals surface area (Å²) >= 11 is 0. The van der Waals surface area contributed by atoms with Crippen molar-refractivity contribution in [1.29, 1.82) is 0 Å². The SMILES string of the molecule is O=S(=O)(c1ccc2c(c1)OCCCO2)N1CCC2NCCC2C1. The number of rotatable bonds is 2. The van der Waals surface area contributed by atoms with Crippen LogP contribution in [-0.4, -0.2) is 51.6 Å². The quantitative estimate of drug-likeness (QED) is 0.878. The predicted octanol–water partition coefficient (Wildman–Crippen LogP) is 1.22. The first kappa shape index (κ1) is 15.2. The standard InChI is InChI=1S/C16H22N2O4S/c19-23(20,18-7-5-14-12(11-18)4-6-17-14)13-2-3-15-16(10-13)22-9-1-8-21-15/h2-3,10,12,14,17H,1,4-9,11H2. The van der Waals surface area contributed by atoms with E-state index in [1.807, 2.05) is 0 Å². The molecule has 2 fully saturated rings. The Bertz CT molecular complexity index is 691. The van der Waals surface area contributed by atoms with Gasteiger partial charge in [-0.1, -0.05) is 0 Å². The first-order chi connectivity index (χ1) is 11.1. The summed E-state index contributed by atoms with van der Waals surface area (Å²) in [5, 5.41) is 3.46. The molecule has 4 rings (SSSR count). The van der Waals surface area contributed by atoms with Crippen molar-refractivity contribution in [3.63, 3.8) is 0 Å². The van der Waals surface area contributed by atoms with Gasteiger partial charge in [0.1, 0.15) is 0 Å². The van der Waals surface area contributed by atoms with Crippen LogP contribution in [0.15, 0.2) is 23.1 Å². The van der Waals surface area contributed by atoms with Crippen molar-refractivity contribution in [2.24, 2.45) is 5.92 Å². The van der Waals surface area contributed by atoms with E-state index in [1.165, 1.54) is 0 Å². The Morgan fingerprint density at radius 1 is 1.13 bits per heavy atom. The van der Waals surface area contributed by atoms with Crippen molar-refractivity contribution in [3.05, 3.63) is 18.2 Å². The number of hydrogen-bond acceptors (Lipinski definition) is 5. The molecule has 1 aromatic carbocycles. The van der Waals surface area contributed by atoms with Crippen LogP contribution in [0.25, 0.3) is 0 Å². The van der Waals surface area contributed by atoms with Crippen LogP contribution in [0.3, 0.4) is 0 Å². The van der Waals surface area contributed by atoms with Gasteiger partial charge in [-0.05, 0) is 37.4 Å². The van der Waals surface area contributed by atoms with Crippen LogP contribution in [0.2, 0.25) is 0 Å². The molecular formula is C16H22N2O4S. The molecule has 1 aromatic rings. The first-order valence-electron chi connectivity index (χ1n) is 8.28. The Labute approximate surface area is 136 Å². The third kappa shape index (κ3) is 2.81. The summed E-state index contributed by atoms with van der Waals surface area (Å²) in [6, 6.07) is 5.42. The van der Waals surface area contributed by atoms with Gasteiger partial charge in [0.15, 0.2) is 11.5 Å². The summed E-state index contributed by atoms with van der Waals surface area (Å²) < 4.78 is 38.7. The van der Waals surface area contributed by atoms with Gasteiger partial charge in [0.05, 0.1) is 18.1 Å². The van der Waals surface area contributed by atoms with E-state index in [4.69, 9.17) is 9.47 Å². The molecule has 0 bridgehead atoms. The average Bonchev–Trinajstić information content (AvgIpc) is 2.90. The molecule has 0 saturated carbocycles. The van der Waals surface area contributed by atoms with E-state index >= 15 is 0 Å². The molecule has 3 aliphatic heterocycles. The van der Waals surface area contributed by atoms with Crippen LogP contribution < -0.4 is 14.8 Å². The lowest BCUT2D eigenvalue weighted by molar-refractivity contribution is 0.247. The maximum Gasteiger partial charge on any atom is 0.243 e. The second-order valence-electron chi connectivity index (χ2n) is 6.42. The molecule has 2 unspecified atom stereocenters. The van der Waals surface area contributed by atoms with Crippen molar-refractivity contribution < 1.29 is 17.9 Å². The molecule has 6 nitrogen and oxygen atoms in total. The van der Waals surface area contributed by atoms with Crippen LogP contribution in [-0.2, 0) is 10.0 Å². The molecule has 23 heavy (non-hydrogen) atoms. The number of nitrogens with one attached hydrogen (secondary N) is 1. The van der Waals surface area contributed by atoms with Crippen molar-refractivity contribution in [2.75, 3.05) is 32.8 Å². The van der Waals surface area contributed by atoms with Crippen LogP contribution in [0.5, 0.6) is 11.5 Å². The van der Waals surface area contributed by atoms with Crippen molar-refractivity contribution in [3.8, 4) is 11.5 Å². The number of sulfonamides is 1. The van der Waals surface area contributed by atoms with Gasteiger partial charge in [0.25, 0.3) is 0 Å². The van der Waals surface area contributed by atoms with Gasteiger partial charge in [-0.3, -0.25) is 0 Å². The molecule has 7 heteroatoms. The van der Waals surface area contributed by atoms with E-state index in [-0.39, 0.29) is 0 Å². The van der Waals surface area contributed by atoms with E-state index < -0.39 is 10.0 Å². The second-order valence-corrected chi connectivity index (χ2v) is 8.36. The van der Waals surface area contributed by atoms with Gasteiger partial charge in [-0.15, -0.1) is 0 Å². The Hall–Kier alpha value is -1.31. The maximum absolute atomic E-state index is 13.0. The summed E-state index contributed by atoms with van der Waals surface area (Å²) in [6.45, 7) is 3.32. The van der Waals surface area contributed by atoms with E-state index in [9.17, 15) is 8.42 Å². The van der Waals surface area contributed by atoms with Gasteiger partial charge < -0.3 is 14.8 Å². The summed E-state index contributed by atoms with van der Waals surface area (Å²) in [5.74, 6) is 1.58. The fraction of sp³-hybridized carbons (Fsp3) is 0.625. The van der Waals surface area contributed by atoms with E-state index in [0.29, 0.717) is 54.7 Å². The normalized spacial score (nSPS) is 28.2. The molecule has 0 amide bonds. The molecule has 126 valence electrons. The summed E-state index contributed by atoms with van der Waals surface area (Å²) in [6.07, 6.45) is 2.74. The third-order valence-corrected chi connectivity index (χ3v) is 6.84. The molecule has 0 spiro atoms. The van der Waals surface area contributed by atoms with Gasteiger partial charge in [-0.2, -0.15) is 4.31 Å². The minimum atomic E-state index is -3.48. The Kier molecular flexibility index (Phi) is 3.95. The predicted molar refractivity (Wildman–Crippen MR) is 85.3 cm³/mol. The van der Waals surface area contributed by atoms with Crippen LogP contribution >= 0.6 is 0 Å². The topological polar surface area (TPSA) is 67.9 Å². The van der Waals surface area contributed by atoms with Gasteiger partial charge >= 0.3 is 0 Å². The number of nitrogens with zero attached hydrogens (tertiary/aromatic N) is 1. The molecular weight excluding hydrogens is 316 g/mol. The average molecular weight is 338 g/mol.